The molecule has 0 spiro atoms. The van der Waals surface area contributed by atoms with Gasteiger partial charge in [-0.3, -0.25) is 0 Å². The molecular weight excluding hydrogens is 827 g/mol. The minimum Gasteiger partial charge on any atom is -0.309 e. The van der Waals surface area contributed by atoms with E-state index in [0.29, 0.717) is 17.5 Å². The van der Waals surface area contributed by atoms with Crippen LogP contribution in [0.1, 0.15) is 0 Å². The molecule has 316 valence electrons. The number of rotatable bonds is 6. The van der Waals surface area contributed by atoms with Crippen molar-refractivity contribution in [2.45, 2.75) is 0 Å². The molecule has 0 fully saturated rings. The van der Waals surface area contributed by atoms with Crippen molar-refractivity contribution >= 4 is 75.9 Å². The van der Waals surface area contributed by atoms with Gasteiger partial charge in [-0.15, -0.1) is 0 Å². The Morgan fingerprint density at radius 1 is 0.235 bits per heavy atom. The third-order valence-corrected chi connectivity index (χ3v) is 13.7. The molecule has 0 aliphatic heterocycles. The summed E-state index contributed by atoms with van der Waals surface area (Å²) in [5.74, 6) is 1.87. The molecule has 0 aliphatic carbocycles. The van der Waals surface area contributed by atoms with Crippen LogP contribution in [0.5, 0.6) is 0 Å². The molecule has 14 aromatic rings. The van der Waals surface area contributed by atoms with Crippen molar-refractivity contribution in [2.24, 2.45) is 0 Å². The standard InChI is InChI=1S/C63H39N5/c1-4-18-40(19-5-1)61-64-62(41-20-6-2-7-21-41)66-63(65-61)44-36-54-48-26-11-10-24-46(48)47-25-12-13-29-53(47)60(54)59(39-44)68-56-31-17-15-28-50(56)52-35-33-43(38-58(52)68)42-32-34-51-49-27-14-16-30-55(49)67(57(51)37-42)45-22-8-3-9-23-45/h1-39H. The van der Waals surface area contributed by atoms with Crippen molar-refractivity contribution in [1.82, 2.24) is 24.1 Å². The Hall–Kier alpha value is -9.19. The summed E-state index contributed by atoms with van der Waals surface area (Å²) in [5.41, 5.74) is 11.9. The van der Waals surface area contributed by atoms with Crippen LogP contribution in [-0.2, 0) is 0 Å². The van der Waals surface area contributed by atoms with E-state index in [4.69, 9.17) is 15.0 Å². The van der Waals surface area contributed by atoms with Gasteiger partial charge in [-0.05, 0) is 86.6 Å². The minimum absolute atomic E-state index is 0.613. The molecule has 0 saturated heterocycles. The van der Waals surface area contributed by atoms with Crippen molar-refractivity contribution in [3.05, 3.63) is 237 Å². The van der Waals surface area contributed by atoms with E-state index in [9.17, 15) is 0 Å². The topological polar surface area (TPSA) is 48.5 Å². The lowest BCUT2D eigenvalue weighted by atomic mass is 9.91. The highest BCUT2D eigenvalue weighted by Gasteiger charge is 2.22. The van der Waals surface area contributed by atoms with Crippen LogP contribution in [0, 0.1) is 0 Å². The van der Waals surface area contributed by atoms with E-state index in [1.165, 1.54) is 59.5 Å². The van der Waals surface area contributed by atoms with Gasteiger partial charge in [0.15, 0.2) is 17.5 Å². The molecule has 0 N–H and O–H groups in total. The number of aromatic nitrogens is 5. The van der Waals surface area contributed by atoms with Crippen molar-refractivity contribution in [2.75, 3.05) is 0 Å². The maximum atomic E-state index is 5.29. The van der Waals surface area contributed by atoms with Gasteiger partial charge >= 0.3 is 0 Å². The number of fused-ring (bicyclic) bond motifs is 12. The number of nitrogens with zero attached hydrogens (tertiary/aromatic N) is 5. The smallest absolute Gasteiger partial charge is 0.164 e. The normalized spacial score (nSPS) is 11.8. The Balaban J connectivity index is 1.08. The highest BCUT2D eigenvalue weighted by atomic mass is 15.0. The van der Waals surface area contributed by atoms with Gasteiger partial charge in [-0.1, -0.05) is 188 Å². The van der Waals surface area contributed by atoms with Crippen LogP contribution in [0.2, 0.25) is 0 Å². The van der Waals surface area contributed by atoms with Crippen LogP contribution in [-0.4, -0.2) is 24.1 Å². The van der Waals surface area contributed by atoms with E-state index in [-0.39, 0.29) is 0 Å². The molecule has 0 amide bonds. The average Bonchev–Trinajstić information content (AvgIpc) is 3.93. The fourth-order valence-electron chi connectivity index (χ4n) is 10.7. The predicted octanol–water partition coefficient (Wildman–Crippen LogP) is 16.2. The van der Waals surface area contributed by atoms with Gasteiger partial charge in [0.05, 0.1) is 27.8 Å². The first-order valence-corrected chi connectivity index (χ1v) is 23.1. The summed E-state index contributed by atoms with van der Waals surface area (Å²) in [5, 5.41) is 11.9. The van der Waals surface area contributed by atoms with E-state index in [1.54, 1.807) is 0 Å². The van der Waals surface area contributed by atoms with Gasteiger partial charge in [0, 0.05) is 49.3 Å². The second-order valence-corrected chi connectivity index (χ2v) is 17.6. The number of hydrogen-bond acceptors (Lipinski definition) is 3. The molecule has 5 nitrogen and oxygen atoms in total. The predicted molar refractivity (Wildman–Crippen MR) is 283 cm³/mol. The second kappa shape index (κ2) is 15.2. The van der Waals surface area contributed by atoms with Crippen LogP contribution in [0.4, 0.5) is 0 Å². The largest absolute Gasteiger partial charge is 0.309 e. The fraction of sp³-hybridized carbons (Fsp3) is 0. The van der Waals surface area contributed by atoms with Crippen molar-refractivity contribution < 1.29 is 0 Å². The zero-order chi connectivity index (χ0) is 44.7. The maximum Gasteiger partial charge on any atom is 0.164 e. The van der Waals surface area contributed by atoms with Crippen molar-refractivity contribution in [1.29, 1.82) is 0 Å². The Bertz CT molecular complexity index is 4250. The third-order valence-electron chi connectivity index (χ3n) is 13.7. The van der Waals surface area contributed by atoms with E-state index in [0.717, 1.165) is 55.6 Å². The lowest BCUT2D eigenvalue weighted by Crippen LogP contribution is -2.02. The summed E-state index contributed by atoms with van der Waals surface area (Å²) in [7, 11) is 0. The van der Waals surface area contributed by atoms with Crippen LogP contribution in [0.25, 0.3) is 133 Å². The molecule has 5 heteroatoms. The first-order chi connectivity index (χ1) is 33.7. The highest BCUT2D eigenvalue weighted by molar-refractivity contribution is 6.28. The SMILES string of the molecule is c1ccc(-c2nc(-c3ccccc3)nc(-c3cc(-n4c5ccccc5c5ccc(-c6ccc7c8ccccc8n(-c8ccccc8)c7c6)cc54)c4c5ccccc5c5ccccc5c4c3)n2)cc1. The summed E-state index contributed by atoms with van der Waals surface area (Å²) in [4.78, 5) is 15.6. The van der Waals surface area contributed by atoms with Gasteiger partial charge < -0.3 is 9.13 Å². The molecule has 0 bridgehead atoms. The third kappa shape index (κ3) is 5.93. The molecule has 11 aromatic carbocycles. The Morgan fingerprint density at radius 3 is 1.19 bits per heavy atom. The Labute approximate surface area is 391 Å². The van der Waals surface area contributed by atoms with Gasteiger partial charge in [0.1, 0.15) is 0 Å². The molecule has 68 heavy (non-hydrogen) atoms. The summed E-state index contributed by atoms with van der Waals surface area (Å²) >= 11 is 0. The van der Waals surface area contributed by atoms with Crippen molar-refractivity contribution in [3.63, 3.8) is 0 Å². The van der Waals surface area contributed by atoms with Gasteiger partial charge in [-0.25, -0.2) is 15.0 Å². The molecule has 3 heterocycles. The highest BCUT2D eigenvalue weighted by Crippen LogP contribution is 2.44. The van der Waals surface area contributed by atoms with E-state index in [2.05, 4.69) is 209 Å². The van der Waals surface area contributed by atoms with E-state index >= 15 is 0 Å². The van der Waals surface area contributed by atoms with E-state index in [1.807, 2.05) is 36.4 Å². The van der Waals surface area contributed by atoms with Crippen LogP contribution >= 0.6 is 0 Å². The number of hydrogen-bond donors (Lipinski definition) is 0. The molecule has 0 saturated carbocycles. The molecular formula is C63H39N5. The van der Waals surface area contributed by atoms with Crippen LogP contribution in [0.15, 0.2) is 237 Å². The second-order valence-electron chi connectivity index (χ2n) is 17.6. The summed E-state index contributed by atoms with van der Waals surface area (Å²) in [6.45, 7) is 0. The Morgan fingerprint density at radius 2 is 0.632 bits per heavy atom. The number of benzene rings is 11. The lowest BCUT2D eigenvalue weighted by Gasteiger charge is -2.18. The molecule has 0 aliphatic rings. The van der Waals surface area contributed by atoms with Gasteiger partial charge in [0.25, 0.3) is 0 Å². The average molecular weight is 866 g/mol. The minimum atomic E-state index is 0.613. The Kier molecular flexibility index (Phi) is 8.52. The summed E-state index contributed by atoms with van der Waals surface area (Å²) < 4.78 is 4.88. The molecule has 0 radical (unpaired) electrons. The summed E-state index contributed by atoms with van der Waals surface area (Å²) in [6.07, 6.45) is 0. The van der Waals surface area contributed by atoms with E-state index < -0.39 is 0 Å². The lowest BCUT2D eigenvalue weighted by molar-refractivity contribution is 1.07. The quantitative estimate of drug-likeness (QED) is 0.156. The molecule has 0 unspecified atom stereocenters. The maximum absolute atomic E-state index is 5.29. The van der Waals surface area contributed by atoms with Crippen LogP contribution < -0.4 is 0 Å². The first kappa shape index (κ1) is 38.1. The zero-order valence-electron chi connectivity index (χ0n) is 36.8. The van der Waals surface area contributed by atoms with Crippen molar-refractivity contribution in [3.8, 4) is 56.7 Å². The molecule has 14 rings (SSSR count). The fourth-order valence-corrected chi connectivity index (χ4v) is 10.7. The van der Waals surface area contributed by atoms with Gasteiger partial charge in [0.2, 0.25) is 0 Å². The monoisotopic (exact) mass is 865 g/mol. The summed E-state index contributed by atoms with van der Waals surface area (Å²) in [6, 6.07) is 84.8. The zero-order valence-corrected chi connectivity index (χ0v) is 36.8. The molecule has 0 atom stereocenters. The number of para-hydroxylation sites is 3. The van der Waals surface area contributed by atoms with Crippen LogP contribution in [0.3, 0.4) is 0 Å². The first-order valence-electron chi connectivity index (χ1n) is 23.1. The molecule has 3 aromatic heterocycles. The van der Waals surface area contributed by atoms with Gasteiger partial charge in [-0.2, -0.15) is 0 Å².